The highest BCUT2D eigenvalue weighted by Gasteiger charge is 2.00. The summed E-state index contributed by atoms with van der Waals surface area (Å²) in [6.45, 7) is 6.32. The van der Waals surface area contributed by atoms with Gasteiger partial charge in [0.15, 0.2) is 0 Å². The Hall–Kier alpha value is -0.820. The van der Waals surface area contributed by atoms with Crippen molar-refractivity contribution >= 4 is 0 Å². The molecule has 0 heterocycles. The second-order valence-electron chi connectivity index (χ2n) is 4.80. The van der Waals surface area contributed by atoms with Crippen molar-refractivity contribution in [1.82, 2.24) is 0 Å². The van der Waals surface area contributed by atoms with Crippen LogP contribution in [0.1, 0.15) is 38.3 Å². The van der Waals surface area contributed by atoms with Crippen molar-refractivity contribution in [3.8, 4) is 0 Å². The Morgan fingerprint density at radius 1 is 1.00 bits per heavy atom. The van der Waals surface area contributed by atoms with E-state index in [1.807, 2.05) is 6.92 Å². The molecule has 0 bridgehead atoms. The predicted molar refractivity (Wildman–Crippen MR) is 65.0 cm³/mol. The molecule has 0 aromatic heterocycles. The first-order valence-electron chi connectivity index (χ1n) is 5.84. The van der Waals surface area contributed by atoms with Crippen molar-refractivity contribution in [2.24, 2.45) is 5.92 Å². The quantitative estimate of drug-likeness (QED) is 0.784. The monoisotopic (exact) mass is 206 g/mol. The van der Waals surface area contributed by atoms with E-state index in [4.69, 9.17) is 0 Å². The minimum absolute atomic E-state index is 0.194. The molecule has 1 heteroatoms. The van der Waals surface area contributed by atoms with Crippen molar-refractivity contribution in [1.29, 1.82) is 0 Å². The van der Waals surface area contributed by atoms with Gasteiger partial charge in [-0.1, -0.05) is 38.1 Å². The molecule has 1 aromatic rings. The number of rotatable bonds is 5. The van der Waals surface area contributed by atoms with Gasteiger partial charge in [-0.15, -0.1) is 0 Å². The zero-order valence-corrected chi connectivity index (χ0v) is 10.0. The van der Waals surface area contributed by atoms with Crippen LogP contribution >= 0.6 is 0 Å². The summed E-state index contributed by atoms with van der Waals surface area (Å²) in [6.07, 6.45) is 2.78. The van der Waals surface area contributed by atoms with Gasteiger partial charge in [-0.3, -0.25) is 0 Å². The van der Waals surface area contributed by atoms with E-state index in [0.29, 0.717) is 5.92 Å². The average molecular weight is 206 g/mol. The summed E-state index contributed by atoms with van der Waals surface area (Å²) < 4.78 is 0. The van der Waals surface area contributed by atoms with E-state index in [1.54, 1.807) is 0 Å². The van der Waals surface area contributed by atoms with Crippen LogP contribution in [-0.4, -0.2) is 11.2 Å². The van der Waals surface area contributed by atoms with Gasteiger partial charge >= 0.3 is 0 Å². The van der Waals surface area contributed by atoms with E-state index in [-0.39, 0.29) is 6.10 Å². The van der Waals surface area contributed by atoms with Gasteiger partial charge in [0.05, 0.1) is 6.10 Å². The van der Waals surface area contributed by atoms with Gasteiger partial charge in [0.25, 0.3) is 0 Å². The van der Waals surface area contributed by atoms with Crippen molar-refractivity contribution in [3.05, 3.63) is 35.4 Å². The van der Waals surface area contributed by atoms with Crippen molar-refractivity contribution in [2.45, 2.75) is 46.1 Å². The van der Waals surface area contributed by atoms with Crippen molar-refractivity contribution < 1.29 is 5.11 Å². The number of aryl methyl sites for hydroxylation is 1. The maximum absolute atomic E-state index is 9.19. The smallest absolute Gasteiger partial charge is 0.0515 e. The third-order valence-electron chi connectivity index (χ3n) is 2.52. The van der Waals surface area contributed by atoms with Crippen LogP contribution in [-0.2, 0) is 12.8 Å². The van der Waals surface area contributed by atoms with Gasteiger partial charge in [0.1, 0.15) is 0 Å². The lowest BCUT2D eigenvalue weighted by Gasteiger charge is -2.07. The normalized spacial score (nSPS) is 13.1. The lowest BCUT2D eigenvalue weighted by Crippen LogP contribution is -2.01. The average Bonchev–Trinajstić information content (AvgIpc) is 2.16. The maximum atomic E-state index is 9.19. The summed E-state index contributed by atoms with van der Waals surface area (Å²) >= 11 is 0. The lowest BCUT2D eigenvalue weighted by molar-refractivity contribution is 0.185. The molecule has 0 spiro atoms. The Morgan fingerprint density at radius 3 is 2.00 bits per heavy atom. The van der Waals surface area contributed by atoms with E-state index >= 15 is 0 Å². The Kier molecular flexibility index (Phi) is 4.83. The topological polar surface area (TPSA) is 20.2 Å². The molecule has 0 aliphatic heterocycles. The summed E-state index contributed by atoms with van der Waals surface area (Å²) in [5.41, 5.74) is 2.73. The fourth-order valence-corrected chi connectivity index (χ4v) is 1.69. The van der Waals surface area contributed by atoms with Crippen LogP contribution in [0.5, 0.6) is 0 Å². The largest absolute Gasteiger partial charge is 0.393 e. The van der Waals surface area contributed by atoms with Gasteiger partial charge < -0.3 is 5.11 Å². The molecule has 0 radical (unpaired) electrons. The van der Waals surface area contributed by atoms with E-state index in [0.717, 1.165) is 19.3 Å². The van der Waals surface area contributed by atoms with E-state index in [1.165, 1.54) is 11.1 Å². The summed E-state index contributed by atoms with van der Waals surface area (Å²) in [5.74, 6) is 0.716. The highest BCUT2D eigenvalue weighted by Crippen LogP contribution is 2.11. The third-order valence-corrected chi connectivity index (χ3v) is 2.52. The minimum Gasteiger partial charge on any atom is -0.393 e. The summed E-state index contributed by atoms with van der Waals surface area (Å²) in [6, 6.07) is 8.77. The number of aliphatic hydroxyl groups excluding tert-OH is 1. The first kappa shape index (κ1) is 12.3. The molecular formula is C14H22O. The zero-order valence-electron chi connectivity index (χ0n) is 10.0. The van der Waals surface area contributed by atoms with E-state index < -0.39 is 0 Å². The molecule has 1 rings (SSSR count). The Balaban J connectivity index is 2.49. The summed E-state index contributed by atoms with van der Waals surface area (Å²) in [7, 11) is 0. The molecular weight excluding hydrogens is 184 g/mol. The molecule has 0 amide bonds. The number of benzene rings is 1. The second-order valence-corrected chi connectivity index (χ2v) is 4.80. The summed E-state index contributed by atoms with van der Waals surface area (Å²) in [5, 5.41) is 9.19. The molecule has 0 fully saturated rings. The second kappa shape index (κ2) is 5.92. The molecule has 0 aliphatic rings. The minimum atomic E-state index is -0.194. The molecule has 0 saturated carbocycles. The van der Waals surface area contributed by atoms with Crippen LogP contribution < -0.4 is 0 Å². The zero-order chi connectivity index (χ0) is 11.3. The van der Waals surface area contributed by atoms with Crippen LogP contribution in [0.4, 0.5) is 0 Å². The van der Waals surface area contributed by atoms with Crippen LogP contribution in [0.25, 0.3) is 0 Å². The fourth-order valence-electron chi connectivity index (χ4n) is 1.69. The lowest BCUT2D eigenvalue weighted by atomic mass is 10.00. The highest BCUT2D eigenvalue weighted by atomic mass is 16.3. The van der Waals surface area contributed by atoms with Gasteiger partial charge in [-0.05, 0) is 43.2 Å². The molecule has 0 aliphatic carbocycles. The molecule has 0 unspecified atom stereocenters. The van der Waals surface area contributed by atoms with Crippen LogP contribution in [0, 0.1) is 5.92 Å². The highest BCUT2D eigenvalue weighted by molar-refractivity contribution is 5.22. The maximum Gasteiger partial charge on any atom is 0.0515 e. The SMILES string of the molecule is CC(C)Cc1ccc(CC[C@H](C)O)cc1. The van der Waals surface area contributed by atoms with E-state index in [9.17, 15) is 5.11 Å². The standard InChI is InChI=1S/C14H22O/c1-11(2)10-14-8-6-13(7-9-14)5-4-12(3)15/h6-9,11-12,15H,4-5,10H2,1-3H3/t12-/m0/s1. The molecule has 1 nitrogen and oxygen atoms in total. The van der Waals surface area contributed by atoms with E-state index in [2.05, 4.69) is 38.1 Å². The Morgan fingerprint density at radius 2 is 1.53 bits per heavy atom. The third kappa shape index (κ3) is 4.98. The molecule has 1 atom stereocenters. The van der Waals surface area contributed by atoms with Crippen LogP contribution in [0.3, 0.4) is 0 Å². The first-order chi connectivity index (χ1) is 7.08. The van der Waals surface area contributed by atoms with Gasteiger partial charge in [-0.25, -0.2) is 0 Å². The van der Waals surface area contributed by atoms with Gasteiger partial charge in [0.2, 0.25) is 0 Å². The molecule has 1 N–H and O–H groups in total. The predicted octanol–water partition coefficient (Wildman–Crippen LogP) is 3.20. The van der Waals surface area contributed by atoms with Crippen LogP contribution in [0.15, 0.2) is 24.3 Å². The number of aliphatic hydroxyl groups is 1. The fraction of sp³-hybridized carbons (Fsp3) is 0.571. The summed E-state index contributed by atoms with van der Waals surface area (Å²) in [4.78, 5) is 0. The Labute approximate surface area is 93.1 Å². The van der Waals surface area contributed by atoms with Gasteiger partial charge in [-0.2, -0.15) is 0 Å². The first-order valence-corrected chi connectivity index (χ1v) is 5.84. The number of hydrogen-bond donors (Lipinski definition) is 1. The molecule has 0 saturated heterocycles. The molecule has 15 heavy (non-hydrogen) atoms. The van der Waals surface area contributed by atoms with Crippen molar-refractivity contribution in [3.63, 3.8) is 0 Å². The van der Waals surface area contributed by atoms with Crippen molar-refractivity contribution in [2.75, 3.05) is 0 Å². The molecule has 84 valence electrons. The molecule has 1 aromatic carbocycles. The number of hydrogen-bond acceptors (Lipinski definition) is 1. The van der Waals surface area contributed by atoms with Gasteiger partial charge in [0, 0.05) is 0 Å². The van der Waals surface area contributed by atoms with Crippen LogP contribution in [0.2, 0.25) is 0 Å². The Bertz CT molecular complexity index is 272.